The second kappa shape index (κ2) is 5.76. The highest BCUT2D eigenvalue weighted by atomic mass is 79.9. The van der Waals surface area contributed by atoms with Crippen molar-refractivity contribution in [2.24, 2.45) is 0 Å². The monoisotopic (exact) mass is 351 g/mol. The number of halogens is 2. The molecule has 1 aliphatic rings. The molecule has 0 spiro atoms. The maximum Gasteiger partial charge on any atom is 0.126 e. The van der Waals surface area contributed by atoms with E-state index >= 15 is 0 Å². The van der Waals surface area contributed by atoms with Gasteiger partial charge in [0.2, 0.25) is 0 Å². The van der Waals surface area contributed by atoms with E-state index in [1.807, 2.05) is 43.4 Å². The number of benzene rings is 2. The summed E-state index contributed by atoms with van der Waals surface area (Å²) in [5.74, 6) is 0.953. The molecule has 4 heteroatoms. The first-order valence-electron chi connectivity index (χ1n) is 6.57. The van der Waals surface area contributed by atoms with Gasteiger partial charge in [-0.15, -0.1) is 0 Å². The molecule has 0 saturated carbocycles. The summed E-state index contributed by atoms with van der Waals surface area (Å²) in [6.45, 7) is 0. The highest BCUT2D eigenvalue weighted by molar-refractivity contribution is 9.10. The van der Waals surface area contributed by atoms with Crippen molar-refractivity contribution in [1.82, 2.24) is 5.32 Å². The van der Waals surface area contributed by atoms with E-state index in [9.17, 15) is 0 Å². The molecule has 2 aromatic carbocycles. The fourth-order valence-corrected chi connectivity index (χ4v) is 3.12. The van der Waals surface area contributed by atoms with E-state index in [2.05, 4.69) is 27.3 Å². The lowest BCUT2D eigenvalue weighted by Crippen LogP contribution is -2.26. The second-order valence-corrected chi connectivity index (χ2v) is 6.16. The van der Waals surface area contributed by atoms with Crippen LogP contribution in [0.4, 0.5) is 0 Å². The van der Waals surface area contributed by atoms with Gasteiger partial charge in [-0.1, -0.05) is 35.9 Å². The lowest BCUT2D eigenvalue weighted by molar-refractivity contribution is 0.154. The average Bonchev–Trinajstić information content (AvgIpc) is 2.49. The Morgan fingerprint density at radius 1 is 1.25 bits per heavy atom. The Morgan fingerprint density at radius 2 is 2.05 bits per heavy atom. The minimum atomic E-state index is 0.0379. The highest BCUT2D eigenvalue weighted by Gasteiger charge is 2.28. The van der Waals surface area contributed by atoms with Crippen LogP contribution in [0.2, 0.25) is 5.02 Å². The van der Waals surface area contributed by atoms with Gasteiger partial charge in [0.25, 0.3) is 0 Å². The number of hydrogen-bond donors (Lipinski definition) is 1. The summed E-state index contributed by atoms with van der Waals surface area (Å²) in [4.78, 5) is 0. The SMILES string of the molecule is CNC1CC(c2ccc(Cl)c(Br)c2)Oc2ccccc21. The molecule has 1 heterocycles. The van der Waals surface area contributed by atoms with Crippen LogP contribution in [0.25, 0.3) is 0 Å². The summed E-state index contributed by atoms with van der Waals surface area (Å²) in [7, 11) is 1.99. The van der Waals surface area contributed by atoms with Gasteiger partial charge in [0.15, 0.2) is 0 Å². The van der Waals surface area contributed by atoms with Crippen molar-refractivity contribution in [2.45, 2.75) is 18.6 Å². The topological polar surface area (TPSA) is 21.3 Å². The number of fused-ring (bicyclic) bond motifs is 1. The van der Waals surface area contributed by atoms with Gasteiger partial charge in [0, 0.05) is 22.5 Å². The van der Waals surface area contributed by atoms with Gasteiger partial charge >= 0.3 is 0 Å². The molecular weight excluding hydrogens is 338 g/mol. The van der Waals surface area contributed by atoms with Crippen LogP contribution < -0.4 is 10.1 Å². The molecule has 20 heavy (non-hydrogen) atoms. The second-order valence-electron chi connectivity index (χ2n) is 4.89. The van der Waals surface area contributed by atoms with Crippen LogP contribution in [0.15, 0.2) is 46.9 Å². The van der Waals surface area contributed by atoms with Crippen LogP contribution in [0.3, 0.4) is 0 Å². The van der Waals surface area contributed by atoms with Gasteiger partial charge in [-0.05, 0) is 46.7 Å². The van der Waals surface area contributed by atoms with Crippen LogP contribution in [-0.4, -0.2) is 7.05 Å². The Balaban J connectivity index is 1.95. The van der Waals surface area contributed by atoms with E-state index in [4.69, 9.17) is 16.3 Å². The lowest BCUT2D eigenvalue weighted by Gasteiger charge is -2.32. The van der Waals surface area contributed by atoms with Crippen molar-refractivity contribution in [3.05, 3.63) is 63.1 Å². The summed E-state index contributed by atoms with van der Waals surface area (Å²) < 4.78 is 7.04. The Morgan fingerprint density at radius 3 is 2.80 bits per heavy atom. The van der Waals surface area contributed by atoms with Crippen molar-refractivity contribution in [3.63, 3.8) is 0 Å². The third-order valence-corrected chi connectivity index (χ3v) is 4.89. The molecule has 2 atom stereocenters. The summed E-state index contributed by atoms with van der Waals surface area (Å²) in [6.07, 6.45) is 0.942. The maximum atomic E-state index is 6.14. The Kier molecular flexibility index (Phi) is 4.01. The van der Waals surface area contributed by atoms with Crippen LogP contribution >= 0.6 is 27.5 Å². The molecular formula is C16H15BrClNO. The Labute approximate surface area is 132 Å². The largest absolute Gasteiger partial charge is 0.485 e. The van der Waals surface area contributed by atoms with Gasteiger partial charge < -0.3 is 10.1 Å². The number of hydrogen-bond acceptors (Lipinski definition) is 2. The summed E-state index contributed by atoms with van der Waals surface area (Å²) in [5.41, 5.74) is 2.36. The zero-order valence-corrected chi connectivity index (χ0v) is 13.4. The van der Waals surface area contributed by atoms with Crippen molar-refractivity contribution in [1.29, 1.82) is 0 Å². The Bertz CT molecular complexity index is 632. The molecule has 0 bridgehead atoms. The van der Waals surface area contributed by atoms with E-state index in [1.165, 1.54) is 5.56 Å². The van der Waals surface area contributed by atoms with Gasteiger partial charge in [-0.25, -0.2) is 0 Å². The molecule has 1 N–H and O–H groups in total. The smallest absolute Gasteiger partial charge is 0.126 e. The van der Waals surface area contributed by atoms with E-state index in [0.717, 1.165) is 27.2 Å². The summed E-state index contributed by atoms with van der Waals surface area (Å²) in [6, 6.07) is 14.5. The molecule has 1 aliphatic heterocycles. The maximum absolute atomic E-state index is 6.14. The standard InChI is InChI=1S/C16H15BrClNO/c1-19-14-9-16(10-6-7-13(18)12(17)8-10)20-15-5-3-2-4-11(14)15/h2-8,14,16,19H,9H2,1H3. The summed E-state index contributed by atoms with van der Waals surface area (Å²) in [5, 5.41) is 4.09. The average molecular weight is 353 g/mol. The minimum absolute atomic E-state index is 0.0379. The van der Waals surface area contributed by atoms with E-state index in [1.54, 1.807) is 0 Å². The van der Waals surface area contributed by atoms with Crippen LogP contribution in [0.1, 0.15) is 29.7 Å². The molecule has 0 aliphatic carbocycles. The molecule has 0 radical (unpaired) electrons. The first-order chi connectivity index (χ1) is 9.69. The lowest BCUT2D eigenvalue weighted by atomic mass is 9.93. The highest BCUT2D eigenvalue weighted by Crippen LogP contribution is 2.41. The fraction of sp³-hybridized carbons (Fsp3) is 0.250. The predicted octanol–water partition coefficient (Wildman–Crippen LogP) is 4.89. The van der Waals surface area contributed by atoms with Gasteiger partial charge in [-0.2, -0.15) is 0 Å². The normalized spacial score (nSPS) is 21.1. The third-order valence-electron chi connectivity index (χ3n) is 3.68. The first-order valence-corrected chi connectivity index (χ1v) is 7.74. The predicted molar refractivity (Wildman–Crippen MR) is 85.4 cm³/mol. The molecule has 2 nitrogen and oxygen atoms in total. The van der Waals surface area contributed by atoms with E-state index < -0.39 is 0 Å². The molecule has 0 amide bonds. The zero-order chi connectivity index (χ0) is 14.1. The quantitative estimate of drug-likeness (QED) is 0.831. The molecule has 2 aromatic rings. The number of ether oxygens (including phenoxy) is 1. The molecule has 0 aromatic heterocycles. The van der Waals surface area contributed by atoms with Gasteiger partial charge in [0.05, 0.1) is 5.02 Å². The fourth-order valence-electron chi connectivity index (χ4n) is 2.61. The molecule has 2 unspecified atom stereocenters. The van der Waals surface area contributed by atoms with Crippen molar-refractivity contribution in [2.75, 3.05) is 7.05 Å². The van der Waals surface area contributed by atoms with Crippen molar-refractivity contribution in [3.8, 4) is 5.75 Å². The molecule has 0 saturated heterocycles. The van der Waals surface area contributed by atoms with Crippen LogP contribution in [-0.2, 0) is 0 Å². The number of rotatable bonds is 2. The third kappa shape index (κ3) is 2.58. The minimum Gasteiger partial charge on any atom is -0.485 e. The first kappa shape index (κ1) is 13.9. The number of para-hydroxylation sites is 1. The molecule has 104 valence electrons. The molecule has 3 rings (SSSR count). The van der Waals surface area contributed by atoms with Crippen LogP contribution in [0.5, 0.6) is 5.75 Å². The van der Waals surface area contributed by atoms with Crippen molar-refractivity contribution >= 4 is 27.5 Å². The van der Waals surface area contributed by atoms with E-state index in [0.29, 0.717) is 6.04 Å². The van der Waals surface area contributed by atoms with Crippen LogP contribution in [0, 0.1) is 0 Å². The van der Waals surface area contributed by atoms with Gasteiger partial charge in [0.1, 0.15) is 11.9 Å². The van der Waals surface area contributed by atoms with Gasteiger partial charge in [-0.3, -0.25) is 0 Å². The molecule has 0 fully saturated rings. The van der Waals surface area contributed by atoms with Crippen molar-refractivity contribution < 1.29 is 4.74 Å². The Hall–Kier alpha value is -1.03. The summed E-state index contributed by atoms with van der Waals surface area (Å²) >= 11 is 9.53. The number of nitrogens with one attached hydrogen (secondary N) is 1. The van der Waals surface area contributed by atoms with E-state index in [-0.39, 0.29) is 6.10 Å². The zero-order valence-electron chi connectivity index (χ0n) is 11.1.